The predicted molar refractivity (Wildman–Crippen MR) is 54.4 cm³/mol. The van der Waals surface area contributed by atoms with Gasteiger partial charge in [0.25, 0.3) is 11.7 Å². The Balaban J connectivity index is 0.000000605. The normalized spacial score (nSPS) is 12.7. The van der Waals surface area contributed by atoms with Gasteiger partial charge in [-0.3, -0.25) is 9.59 Å². The molecule has 0 saturated carbocycles. The number of amides is 1. The number of hydrogen-bond donors (Lipinski definition) is 2. The molecule has 1 aliphatic heterocycles. The van der Waals surface area contributed by atoms with Crippen LogP contribution in [-0.4, -0.2) is 16.7 Å². The van der Waals surface area contributed by atoms with Crippen LogP contribution in [-0.2, 0) is 4.79 Å². The Morgan fingerprint density at radius 3 is 2.42 bits per heavy atom. The lowest BCUT2D eigenvalue weighted by molar-refractivity contribution is -0.112. The highest BCUT2D eigenvalue weighted by atomic mass is 79.9. The molecule has 2 heterocycles. The molecule has 4 nitrogen and oxygen atoms in total. The van der Waals surface area contributed by atoms with Crippen LogP contribution in [0.15, 0.2) is 12.3 Å². The molecule has 0 spiro atoms. The molecule has 66 valence electrons. The van der Waals surface area contributed by atoms with Crippen LogP contribution in [0.4, 0.5) is 5.69 Å². The van der Waals surface area contributed by atoms with E-state index in [1.807, 2.05) is 0 Å². The van der Waals surface area contributed by atoms with Crippen molar-refractivity contribution in [3.05, 3.63) is 18.0 Å². The van der Waals surface area contributed by atoms with Crippen LogP contribution in [0.1, 0.15) is 10.5 Å². The van der Waals surface area contributed by atoms with Crippen molar-refractivity contribution >= 4 is 51.3 Å². The largest absolute Gasteiger partial charge is 0.357 e. The Hall–Kier alpha value is -0.620. The average Bonchev–Trinajstić information content (AvgIpc) is 2.41. The van der Waals surface area contributed by atoms with E-state index in [9.17, 15) is 9.59 Å². The number of halogens is 2. The summed E-state index contributed by atoms with van der Waals surface area (Å²) in [5.74, 6) is -1.04. The van der Waals surface area contributed by atoms with Gasteiger partial charge < -0.3 is 10.3 Å². The number of aromatic amines is 1. The molecule has 0 fully saturated rings. The van der Waals surface area contributed by atoms with Crippen LogP contribution in [0.2, 0.25) is 0 Å². The maximum atomic E-state index is 10.8. The summed E-state index contributed by atoms with van der Waals surface area (Å²) in [5.41, 5.74) is 0.944. The Labute approximate surface area is 89.3 Å². The average molecular weight is 298 g/mol. The Morgan fingerprint density at radius 1 is 1.17 bits per heavy atom. The second kappa shape index (κ2) is 3.86. The molecule has 0 atom stereocenters. The van der Waals surface area contributed by atoms with Gasteiger partial charge in [0.15, 0.2) is 0 Å². The maximum absolute atomic E-state index is 10.8. The number of carbonyl (C=O) groups is 2. The van der Waals surface area contributed by atoms with Gasteiger partial charge in [0.05, 0.1) is 5.69 Å². The van der Waals surface area contributed by atoms with Gasteiger partial charge in [0, 0.05) is 6.20 Å². The zero-order chi connectivity index (χ0) is 7.14. The number of carbonyl (C=O) groups excluding carboxylic acids is 2. The molecule has 0 saturated heterocycles. The number of hydrogen-bond acceptors (Lipinski definition) is 2. The third-order valence-corrected chi connectivity index (χ3v) is 1.43. The number of rotatable bonds is 0. The maximum Gasteiger partial charge on any atom is 0.298 e. The fourth-order valence-electron chi connectivity index (χ4n) is 0.954. The van der Waals surface area contributed by atoms with Crippen molar-refractivity contribution in [1.29, 1.82) is 0 Å². The van der Waals surface area contributed by atoms with Gasteiger partial charge in [0.2, 0.25) is 0 Å². The van der Waals surface area contributed by atoms with Crippen molar-refractivity contribution in [2.75, 3.05) is 5.32 Å². The number of nitrogens with one attached hydrogen (secondary N) is 2. The van der Waals surface area contributed by atoms with Crippen LogP contribution >= 0.6 is 34.0 Å². The lowest BCUT2D eigenvalue weighted by Gasteiger charge is -1.83. The summed E-state index contributed by atoms with van der Waals surface area (Å²) in [6, 6.07) is 1.65. The number of H-pyrrole nitrogens is 1. The Bertz CT molecular complexity index is 321. The lowest BCUT2D eigenvalue weighted by Crippen LogP contribution is -2.13. The van der Waals surface area contributed by atoms with Gasteiger partial charge in [-0.25, -0.2) is 0 Å². The van der Waals surface area contributed by atoms with Crippen molar-refractivity contribution in [2.24, 2.45) is 0 Å². The standard InChI is InChI=1S/C6H4N2O2.2BrH/c9-5-4-3(1-2-7-4)8-6(5)10;;/h1-2,7H,(H,8,9,10);2*1H. The molecular formula is C6H6Br2N2O2. The predicted octanol–water partition coefficient (Wildman–Crippen LogP) is 1.31. The highest BCUT2D eigenvalue weighted by Crippen LogP contribution is 2.19. The van der Waals surface area contributed by atoms with E-state index < -0.39 is 11.7 Å². The summed E-state index contributed by atoms with van der Waals surface area (Å²) in [6.07, 6.45) is 1.61. The van der Waals surface area contributed by atoms with Crippen molar-refractivity contribution in [3.63, 3.8) is 0 Å². The number of aromatic nitrogens is 1. The van der Waals surface area contributed by atoms with E-state index in [0.717, 1.165) is 0 Å². The minimum Gasteiger partial charge on any atom is -0.357 e. The first-order valence-electron chi connectivity index (χ1n) is 2.82. The van der Waals surface area contributed by atoms with Gasteiger partial charge in [-0.2, -0.15) is 0 Å². The first-order valence-corrected chi connectivity index (χ1v) is 2.82. The summed E-state index contributed by atoms with van der Waals surface area (Å²) < 4.78 is 0. The molecule has 1 amide bonds. The molecule has 1 aliphatic rings. The number of Topliss-reactive ketones (excluding diaryl/α,β-unsaturated/α-hetero) is 1. The highest BCUT2D eigenvalue weighted by molar-refractivity contribution is 8.93. The van der Waals surface area contributed by atoms with Gasteiger partial charge in [-0.15, -0.1) is 34.0 Å². The molecule has 0 bridgehead atoms. The Kier molecular flexibility index (Phi) is 3.66. The van der Waals surface area contributed by atoms with E-state index >= 15 is 0 Å². The van der Waals surface area contributed by atoms with E-state index in [4.69, 9.17) is 0 Å². The molecule has 12 heavy (non-hydrogen) atoms. The van der Waals surface area contributed by atoms with Gasteiger partial charge in [-0.05, 0) is 6.07 Å². The van der Waals surface area contributed by atoms with Crippen molar-refractivity contribution < 1.29 is 9.59 Å². The molecule has 0 radical (unpaired) electrons. The van der Waals surface area contributed by atoms with Crippen LogP contribution in [0.5, 0.6) is 0 Å². The second-order valence-corrected chi connectivity index (χ2v) is 2.05. The van der Waals surface area contributed by atoms with Crippen molar-refractivity contribution in [3.8, 4) is 0 Å². The van der Waals surface area contributed by atoms with Crippen LogP contribution in [0.3, 0.4) is 0 Å². The first kappa shape index (κ1) is 11.4. The molecule has 0 unspecified atom stereocenters. The quantitative estimate of drug-likeness (QED) is 0.709. The molecular weight excluding hydrogens is 292 g/mol. The van der Waals surface area contributed by atoms with E-state index in [-0.39, 0.29) is 34.0 Å². The van der Waals surface area contributed by atoms with Gasteiger partial charge in [0.1, 0.15) is 5.69 Å². The minimum absolute atomic E-state index is 0. The van der Waals surface area contributed by atoms with Crippen molar-refractivity contribution in [1.82, 2.24) is 4.98 Å². The molecule has 0 aliphatic carbocycles. The molecule has 1 aromatic rings. The van der Waals surface area contributed by atoms with Crippen LogP contribution in [0.25, 0.3) is 0 Å². The van der Waals surface area contributed by atoms with E-state index in [1.54, 1.807) is 12.3 Å². The second-order valence-electron chi connectivity index (χ2n) is 2.05. The Morgan fingerprint density at radius 2 is 1.83 bits per heavy atom. The van der Waals surface area contributed by atoms with Crippen molar-refractivity contribution in [2.45, 2.75) is 0 Å². The lowest BCUT2D eigenvalue weighted by atomic mass is 10.3. The third kappa shape index (κ3) is 1.44. The topological polar surface area (TPSA) is 62.0 Å². The smallest absolute Gasteiger partial charge is 0.298 e. The molecule has 2 N–H and O–H groups in total. The number of anilines is 1. The molecule has 0 aromatic carbocycles. The zero-order valence-electron chi connectivity index (χ0n) is 5.79. The van der Waals surface area contributed by atoms with Gasteiger partial charge in [-0.1, -0.05) is 0 Å². The summed E-state index contributed by atoms with van der Waals surface area (Å²) >= 11 is 0. The van der Waals surface area contributed by atoms with E-state index in [2.05, 4.69) is 10.3 Å². The van der Waals surface area contributed by atoms with Crippen LogP contribution in [0, 0.1) is 0 Å². The summed E-state index contributed by atoms with van der Waals surface area (Å²) in [5, 5.41) is 2.41. The third-order valence-electron chi connectivity index (χ3n) is 1.43. The molecule has 1 aromatic heterocycles. The molecule has 2 rings (SSSR count). The first-order chi connectivity index (χ1) is 4.79. The summed E-state index contributed by atoms with van der Waals surface area (Å²) in [4.78, 5) is 24.1. The summed E-state index contributed by atoms with van der Waals surface area (Å²) in [7, 11) is 0. The zero-order valence-corrected chi connectivity index (χ0v) is 9.21. The van der Waals surface area contributed by atoms with Crippen LogP contribution < -0.4 is 5.32 Å². The minimum atomic E-state index is -0.554. The fraction of sp³-hybridized carbons (Fsp3) is 0. The number of ketones is 1. The summed E-state index contributed by atoms with van der Waals surface area (Å²) in [6.45, 7) is 0. The number of fused-ring (bicyclic) bond motifs is 1. The highest BCUT2D eigenvalue weighted by Gasteiger charge is 2.28. The monoisotopic (exact) mass is 296 g/mol. The van der Waals surface area contributed by atoms with E-state index in [0.29, 0.717) is 11.4 Å². The SMILES string of the molecule is Br.Br.O=C1Nc2cc[nH]c2C1=O. The van der Waals surface area contributed by atoms with E-state index in [1.165, 1.54) is 0 Å². The fourth-order valence-corrected chi connectivity index (χ4v) is 0.954. The van der Waals surface area contributed by atoms with Gasteiger partial charge >= 0.3 is 0 Å². The molecule has 6 heteroatoms.